The zero-order chi connectivity index (χ0) is 10.3. The van der Waals surface area contributed by atoms with Crippen molar-refractivity contribution in [2.45, 2.75) is 44.2 Å². The first kappa shape index (κ1) is 9.60. The van der Waals surface area contributed by atoms with Crippen LogP contribution in [-0.4, -0.2) is 36.1 Å². The van der Waals surface area contributed by atoms with E-state index in [2.05, 4.69) is 10.7 Å². The minimum Gasteiger partial charge on any atom is -0.315 e. The average molecular weight is 209 g/mol. The Morgan fingerprint density at radius 3 is 2.80 bits per heavy atom. The van der Waals surface area contributed by atoms with Crippen molar-refractivity contribution < 1.29 is 4.79 Å². The third-order valence-corrected chi connectivity index (χ3v) is 3.80. The molecule has 3 aliphatic rings. The molecule has 0 spiro atoms. The summed E-state index contributed by atoms with van der Waals surface area (Å²) in [6.07, 6.45) is 5.66. The van der Waals surface area contributed by atoms with Gasteiger partial charge in [-0.3, -0.25) is 9.80 Å². The summed E-state index contributed by atoms with van der Waals surface area (Å²) in [4.78, 5) is 11.9. The number of nitrogens with one attached hydrogen (secondary N) is 2. The SMILES string of the molecule is O=C1CC(C2CC2)NN1C1CCCNC1. The van der Waals surface area contributed by atoms with E-state index in [1.165, 1.54) is 19.3 Å². The first-order valence-electron chi connectivity index (χ1n) is 6.13. The molecule has 2 unspecified atom stereocenters. The van der Waals surface area contributed by atoms with E-state index in [0.29, 0.717) is 18.0 Å². The zero-order valence-corrected chi connectivity index (χ0v) is 9.04. The molecule has 2 saturated heterocycles. The van der Waals surface area contributed by atoms with Crippen LogP contribution in [0.2, 0.25) is 0 Å². The molecular weight excluding hydrogens is 190 g/mol. The van der Waals surface area contributed by atoms with E-state index < -0.39 is 0 Å². The molecule has 3 rings (SSSR count). The third-order valence-electron chi connectivity index (χ3n) is 3.80. The molecule has 2 heterocycles. The van der Waals surface area contributed by atoms with Crippen molar-refractivity contribution in [2.75, 3.05) is 13.1 Å². The van der Waals surface area contributed by atoms with E-state index in [9.17, 15) is 4.79 Å². The van der Waals surface area contributed by atoms with E-state index in [-0.39, 0.29) is 0 Å². The number of piperidine rings is 1. The van der Waals surface area contributed by atoms with E-state index >= 15 is 0 Å². The summed E-state index contributed by atoms with van der Waals surface area (Å²) < 4.78 is 0. The van der Waals surface area contributed by atoms with Gasteiger partial charge in [0, 0.05) is 19.0 Å². The fourth-order valence-electron chi connectivity index (χ4n) is 2.72. The van der Waals surface area contributed by atoms with Crippen molar-refractivity contribution in [3.63, 3.8) is 0 Å². The zero-order valence-electron chi connectivity index (χ0n) is 9.04. The first-order valence-corrected chi connectivity index (χ1v) is 6.13. The normalized spacial score (nSPS) is 37.3. The molecule has 1 saturated carbocycles. The van der Waals surface area contributed by atoms with E-state index in [1.54, 1.807) is 0 Å². The molecule has 0 aromatic carbocycles. The largest absolute Gasteiger partial charge is 0.315 e. The Bertz CT molecular complexity index is 259. The van der Waals surface area contributed by atoms with Gasteiger partial charge in [-0.2, -0.15) is 0 Å². The summed E-state index contributed by atoms with van der Waals surface area (Å²) in [7, 11) is 0. The quantitative estimate of drug-likeness (QED) is 0.685. The minimum absolute atomic E-state index is 0.306. The van der Waals surface area contributed by atoms with E-state index in [4.69, 9.17) is 0 Å². The van der Waals surface area contributed by atoms with Crippen LogP contribution in [0.3, 0.4) is 0 Å². The fourth-order valence-corrected chi connectivity index (χ4v) is 2.72. The van der Waals surface area contributed by atoms with Crippen molar-refractivity contribution in [1.29, 1.82) is 0 Å². The van der Waals surface area contributed by atoms with Gasteiger partial charge in [0.05, 0.1) is 6.04 Å². The maximum atomic E-state index is 11.9. The van der Waals surface area contributed by atoms with Crippen LogP contribution in [0, 0.1) is 5.92 Å². The second-order valence-electron chi connectivity index (χ2n) is 5.04. The van der Waals surface area contributed by atoms with Crippen LogP contribution in [0.4, 0.5) is 0 Å². The van der Waals surface area contributed by atoms with Crippen molar-refractivity contribution in [3.05, 3.63) is 0 Å². The standard InChI is InChI=1S/C11H19N3O/c15-11-6-10(8-3-4-8)13-14(11)9-2-1-5-12-7-9/h8-10,12-13H,1-7H2. The first-order chi connectivity index (χ1) is 7.34. The second kappa shape index (κ2) is 3.76. The van der Waals surface area contributed by atoms with Crippen LogP contribution in [0.25, 0.3) is 0 Å². The molecule has 0 bridgehead atoms. The summed E-state index contributed by atoms with van der Waals surface area (Å²) in [5.74, 6) is 1.08. The molecule has 15 heavy (non-hydrogen) atoms. The molecule has 4 nitrogen and oxygen atoms in total. The lowest BCUT2D eigenvalue weighted by atomic mass is 10.1. The molecule has 2 atom stereocenters. The molecule has 2 aliphatic heterocycles. The second-order valence-corrected chi connectivity index (χ2v) is 5.04. The number of hydrogen-bond acceptors (Lipinski definition) is 3. The van der Waals surface area contributed by atoms with Gasteiger partial charge in [-0.15, -0.1) is 0 Å². The number of carbonyl (C=O) groups excluding carboxylic acids is 1. The molecule has 2 N–H and O–H groups in total. The summed E-state index contributed by atoms with van der Waals surface area (Å²) in [6.45, 7) is 2.06. The lowest BCUT2D eigenvalue weighted by Crippen LogP contribution is -2.52. The maximum absolute atomic E-state index is 11.9. The van der Waals surface area contributed by atoms with Gasteiger partial charge in [-0.1, -0.05) is 0 Å². The Morgan fingerprint density at radius 2 is 2.13 bits per heavy atom. The third kappa shape index (κ3) is 1.88. The molecule has 3 fully saturated rings. The number of rotatable bonds is 2. The van der Waals surface area contributed by atoms with Crippen LogP contribution < -0.4 is 10.7 Å². The maximum Gasteiger partial charge on any atom is 0.238 e. The van der Waals surface area contributed by atoms with Gasteiger partial charge < -0.3 is 5.32 Å². The van der Waals surface area contributed by atoms with E-state index in [1.807, 2.05) is 5.01 Å². The Morgan fingerprint density at radius 1 is 1.27 bits per heavy atom. The highest BCUT2D eigenvalue weighted by atomic mass is 16.2. The Labute approximate surface area is 90.4 Å². The lowest BCUT2D eigenvalue weighted by Gasteiger charge is -2.31. The summed E-state index contributed by atoms with van der Waals surface area (Å²) in [5.41, 5.74) is 3.42. The van der Waals surface area contributed by atoms with Crippen LogP contribution in [0.5, 0.6) is 0 Å². The number of carbonyl (C=O) groups is 1. The van der Waals surface area contributed by atoms with Gasteiger partial charge in [0.1, 0.15) is 0 Å². The molecule has 1 amide bonds. The molecule has 0 radical (unpaired) electrons. The number of amides is 1. The van der Waals surface area contributed by atoms with Gasteiger partial charge in [0.2, 0.25) is 5.91 Å². The van der Waals surface area contributed by atoms with Gasteiger partial charge in [0.25, 0.3) is 0 Å². The number of hydrazine groups is 1. The summed E-state index contributed by atoms with van der Waals surface area (Å²) in [6, 6.07) is 0.828. The Kier molecular flexibility index (Phi) is 2.41. The predicted octanol–water partition coefficient (Wildman–Crippen LogP) is 0.254. The molecule has 1 aliphatic carbocycles. The minimum atomic E-state index is 0.306. The van der Waals surface area contributed by atoms with Crippen LogP contribution in [-0.2, 0) is 4.79 Å². The van der Waals surface area contributed by atoms with Crippen molar-refractivity contribution >= 4 is 5.91 Å². The lowest BCUT2D eigenvalue weighted by molar-refractivity contribution is -0.132. The summed E-state index contributed by atoms with van der Waals surface area (Å²) in [5, 5.41) is 5.27. The highest BCUT2D eigenvalue weighted by Gasteiger charge is 2.41. The summed E-state index contributed by atoms with van der Waals surface area (Å²) >= 11 is 0. The monoisotopic (exact) mass is 209 g/mol. The Balaban J connectivity index is 1.62. The number of hydrogen-bond donors (Lipinski definition) is 2. The highest BCUT2D eigenvalue weighted by molar-refractivity contribution is 5.78. The predicted molar refractivity (Wildman–Crippen MR) is 57.0 cm³/mol. The number of nitrogens with zero attached hydrogens (tertiary/aromatic N) is 1. The van der Waals surface area contributed by atoms with Gasteiger partial charge in [-0.05, 0) is 38.1 Å². The van der Waals surface area contributed by atoms with Gasteiger partial charge in [-0.25, -0.2) is 5.43 Å². The van der Waals surface area contributed by atoms with Crippen molar-refractivity contribution in [2.24, 2.45) is 5.92 Å². The molecule has 0 aromatic heterocycles. The van der Waals surface area contributed by atoms with E-state index in [0.717, 1.165) is 31.8 Å². The van der Waals surface area contributed by atoms with Crippen LogP contribution >= 0.6 is 0 Å². The molecule has 84 valence electrons. The van der Waals surface area contributed by atoms with Crippen molar-refractivity contribution in [3.8, 4) is 0 Å². The molecular formula is C11H19N3O. The Hall–Kier alpha value is -0.610. The molecule has 4 heteroatoms. The fraction of sp³-hybridized carbons (Fsp3) is 0.909. The topological polar surface area (TPSA) is 44.4 Å². The van der Waals surface area contributed by atoms with Crippen LogP contribution in [0.15, 0.2) is 0 Å². The van der Waals surface area contributed by atoms with Crippen LogP contribution in [0.1, 0.15) is 32.1 Å². The molecule has 0 aromatic rings. The van der Waals surface area contributed by atoms with Crippen molar-refractivity contribution in [1.82, 2.24) is 15.8 Å². The van der Waals surface area contributed by atoms with Gasteiger partial charge >= 0.3 is 0 Å². The van der Waals surface area contributed by atoms with Gasteiger partial charge in [0.15, 0.2) is 0 Å². The average Bonchev–Trinajstić information content (AvgIpc) is 3.04. The smallest absolute Gasteiger partial charge is 0.238 e. The highest BCUT2D eigenvalue weighted by Crippen LogP contribution is 2.36.